The van der Waals surface area contributed by atoms with Crippen molar-refractivity contribution in [3.63, 3.8) is 0 Å². The van der Waals surface area contributed by atoms with Gasteiger partial charge in [-0.15, -0.1) is 11.3 Å². The molecule has 4 aromatic rings. The highest BCUT2D eigenvalue weighted by Gasteiger charge is 2.19. The van der Waals surface area contributed by atoms with Crippen molar-refractivity contribution in [3.05, 3.63) is 46.6 Å². The minimum Gasteiger partial charge on any atom is -0.351 e. The monoisotopic (exact) mass is 410 g/mol. The Morgan fingerprint density at radius 1 is 1.28 bits per heavy atom. The SMILES string of the molecule is Cc1noc(CCNC(=O)c2cc(-c3ccc(C)s3)nc3c2cnn3C(C)C)n1. The molecule has 4 rings (SSSR count). The van der Waals surface area contributed by atoms with Crippen molar-refractivity contribution in [2.24, 2.45) is 0 Å². The van der Waals surface area contributed by atoms with Crippen molar-refractivity contribution >= 4 is 28.3 Å². The number of thiophene rings is 1. The Morgan fingerprint density at radius 3 is 2.76 bits per heavy atom. The van der Waals surface area contributed by atoms with Crippen molar-refractivity contribution in [3.8, 4) is 10.6 Å². The summed E-state index contributed by atoms with van der Waals surface area (Å²) in [6.45, 7) is 8.30. The van der Waals surface area contributed by atoms with Crippen molar-refractivity contribution in [2.75, 3.05) is 6.54 Å². The molecule has 0 aliphatic carbocycles. The predicted molar refractivity (Wildman–Crippen MR) is 111 cm³/mol. The summed E-state index contributed by atoms with van der Waals surface area (Å²) in [6.07, 6.45) is 2.19. The van der Waals surface area contributed by atoms with Gasteiger partial charge in [0.25, 0.3) is 5.91 Å². The second kappa shape index (κ2) is 7.75. The molecule has 9 heteroatoms. The molecule has 0 fully saturated rings. The van der Waals surface area contributed by atoms with E-state index in [0.717, 1.165) is 16.0 Å². The fourth-order valence-corrected chi connectivity index (χ4v) is 3.93. The molecular weight excluding hydrogens is 388 g/mol. The van der Waals surface area contributed by atoms with Crippen LogP contribution in [-0.2, 0) is 6.42 Å². The van der Waals surface area contributed by atoms with Crippen LogP contribution in [0.4, 0.5) is 0 Å². The molecule has 0 spiro atoms. The lowest BCUT2D eigenvalue weighted by atomic mass is 10.1. The first-order chi connectivity index (χ1) is 13.9. The van der Waals surface area contributed by atoms with E-state index >= 15 is 0 Å². The molecule has 29 heavy (non-hydrogen) atoms. The Hall–Kier alpha value is -3.07. The summed E-state index contributed by atoms with van der Waals surface area (Å²) in [7, 11) is 0. The van der Waals surface area contributed by atoms with Gasteiger partial charge in [0.15, 0.2) is 11.5 Å². The highest BCUT2D eigenvalue weighted by atomic mass is 32.1. The molecule has 1 N–H and O–H groups in total. The molecule has 0 unspecified atom stereocenters. The van der Waals surface area contributed by atoms with Crippen LogP contribution in [0.2, 0.25) is 0 Å². The number of carbonyl (C=O) groups excluding carboxylic acids is 1. The van der Waals surface area contributed by atoms with Gasteiger partial charge in [-0.2, -0.15) is 10.1 Å². The topological polar surface area (TPSA) is 98.7 Å². The third-order valence-electron chi connectivity index (χ3n) is 4.49. The number of nitrogens with one attached hydrogen (secondary N) is 1. The Morgan fingerprint density at radius 2 is 2.10 bits per heavy atom. The van der Waals surface area contributed by atoms with Crippen molar-refractivity contribution in [2.45, 2.75) is 40.2 Å². The average Bonchev–Trinajstić information content (AvgIpc) is 3.40. The molecule has 150 valence electrons. The fourth-order valence-electron chi connectivity index (χ4n) is 3.10. The molecule has 0 saturated heterocycles. The van der Waals surface area contributed by atoms with Crippen LogP contribution in [0.3, 0.4) is 0 Å². The molecule has 0 saturated carbocycles. The minimum atomic E-state index is -0.175. The van der Waals surface area contributed by atoms with Gasteiger partial charge in [-0.1, -0.05) is 5.16 Å². The maximum atomic E-state index is 13.0. The maximum Gasteiger partial charge on any atom is 0.252 e. The lowest BCUT2D eigenvalue weighted by molar-refractivity contribution is 0.0955. The van der Waals surface area contributed by atoms with Gasteiger partial charge in [-0.05, 0) is 45.9 Å². The molecule has 8 nitrogen and oxygen atoms in total. The van der Waals surface area contributed by atoms with Crippen LogP contribution in [0, 0.1) is 13.8 Å². The molecular formula is C20H22N6O2S. The van der Waals surface area contributed by atoms with E-state index in [1.165, 1.54) is 4.88 Å². The minimum absolute atomic E-state index is 0.136. The lowest BCUT2D eigenvalue weighted by Crippen LogP contribution is -2.26. The largest absolute Gasteiger partial charge is 0.351 e. The maximum absolute atomic E-state index is 13.0. The van der Waals surface area contributed by atoms with E-state index in [9.17, 15) is 4.79 Å². The number of aryl methyl sites for hydroxylation is 2. The number of nitrogens with zero attached hydrogens (tertiary/aromatic N) is 5. The van der Waals surface area contributed by atoms with E-state index in [0.29, 0.717) is 35.9 Å². The lowest BCUT2D eigenvalue weighted by Gasteiger charge is -2.10. The first-order valence-electron chi connectivity index (χ1n) is 9.45. The molecule has 0 aliphatic rings. The van der Waals surface area contributed by atoms with Crippen molar-refractivity contribution < 1.29 is 9.32 Å². The Balaban J connectivity index is 1.67. The fraction of sp³-hybridized carbons (Fsp3) is 0.350. The number of pyridine rings is 1. The van der Waals surface area contributed by atoms with Crippen LogP contribution in [0.1, 0.15) is 46.8 Å². The standard InChI is InChI=1S/C20H22N6O2S/c1-11(2)26-19-15(10-22-26)14(9-16(24-19)17-6-5-12(3)29-17)20(27)21-8-7-18-23-13(4)25-28-18/h5-6,9-11H,7-8H2,1-4H3,(H,21,27). The molecule has 0 aliphatic heterocycles. The second-order valence-electron chi connectivity index (χ2n) is 7.13. The molecule has 0 radical (unpaired) electrons. The van der Waals surface area contributed by atoms with Gasteiger partial charge in [0.1, 0.15) is 0 Å². The summed E-state index contributed by atoms with van der Waals surface area (Å²) in [5.41, 5.74) is 2.04. The van der Waals surface area contributed by atoms with E-state index in [2.05, 4.69) is 33.5 Å². The zero-order chi connectivity index (χ0) is 20.5. The zero-order valence-electron chi connectivity index (χ0n) is 16.8. The number of fused-ring (bicyclic) bond motifs is 1. The third-order valence-corrected chi connectivity index (χ3v) is 5.51. The van der Waals surface area contributed by atoms with E-state index in [4.69, 9.17) is 9.51 Å². The third kappa shape index (κ3) is 3.91. The van der Waals surface area contributed by atoms with Gasteiger partial charge >= 0.3 is 0 Å². The smallest absolute Gasteiger partial charge is 0.252 e. The summed E-state index contributed by atoms with van der Waals surface area (Å²) in [6, 6.07) is 6.06. The number of rotatable bonds is 6. The zero-order valence-corrected chi connectivity index (χ0v) is 17.6. The normalized spacial score (nSPS) is 11.5. The first kappa shape index (κ1) is 19.3. The van der Waals surface area contributed by atoms with Gasteiger partial charge < -0.3 is 9.84 Å². The van der Waals surface area contributed by atoms with E-state index < -0.39 is 0 Å². The molecule has 0 aromatic carbocycles. The summed E-state index contributed by atoms with van der Waals surface area (Å²) in [5.74, 6) is 0.913. The van der Waals surface area contributed by atoms with Crippen LogP contribution in [0.25, 0.3) is 21.6 Å². The van der Waals surface area contributed by atoms with E-state index in [1.54, 1.807) is 24.5 Å². The summed E-state index contributed by atoms with van der Waals surface area (Å²) in [4.78, 5) is 24.2. The van der Waals surface area contributed by atoms with E-state index in [-0.39, 0.29) is 11.9 Å². The van der Waals surface area contributed by atoms with Crippen molar-refractivity contribution in [1.82, 2.24) is 30.2 Å². The number of amides is 1. The van der Waals surface area contributed by atoms with Crippen LogP contribution < -0.4 is 5.32 Å². The van der Waals surface area contributed by atoms with Crippen LogP contribution >= 0.6 is 11.3 Å². The highest BCUT2D eigenvalue weighted by Crippen LogP contribution is 2.30. The Kier molecular flexibility index (Phi) is 5.14. The van der Waals surface area contributed by atoms with Gasteiger partial charge in [0, 0.05) is 23.9 Å². The quantitative estimate of drug-likeness (QED) is 0.520. The molecule has 1 amide bonds. The van der Waals surface area contributed by atoms with Crippen LogP contribution in [-0.4, -0.2) is 37.4 Å². The summed E-state index contributed by atoms with van der Waals surface area (Å²) < 4.78 is 6.94. The molecule has 0 bridgehead atoms. The number of carbonyl (C=O) groups is 1. The Bertz CT molecular complexity index is 1170. The average molecular weight is 411 g/mol. The number of hydrogen-bond donors (Lipinski definition) is 1. The molecule has 0 atom stereocenters. The highest BCUT2D eigenvalue weighted by molar-refractivity contribution is 7.15. The summed E-state index contributed by atoms with van der Waals surface area (Å²) >= 11 is 1.65. The number of aromatic nitrogens is 5. The Labute approximate surface area is 172 Å². The first-order valence-corrected chi connectivity index (χ1v) is 10.3. The predicted octanol–water partition coefficient (Wildman–Crippen LogP) is 3.71. The van der Waals surface area contributed by atoms with Gasteiger partial charge in [-0.25, -0.2) is 9.67 Å². The van der Waals surface area contributed by atoms with Crippen LogP contribution in [0.15, 0.2) is 28.9 Å². The van der Waals surface area contributed by atoms with Gasteiger partial charge in [0.2, 0.25) is 5.89 Å². The second-order valence-corrected chi connectivity index (χ2v) is 8.41. The molecule has 4 heterocycles. The van der Waals surface area contributed by atoms with E-state index in [1.807, 2.05) is 30.7 Å². The number of hydrogen-bond acceptors (Lipinski definition) is 7. The van der Waals surface area contributed by atoms with Gasteiger partial charge in [-0.3, -0.25) is 4.79 Å². The van der Waals surface area contributed by atoms with Gasteiger partial charge in [0.05, 0.1) is 27.7 Å². The van der Waals surface area contributed by atoms with Crippen molar-refractivity contribution in [1.29, 1.82) is 0 Å². The molecule has 4 aromatic heterocycles. The summed E-state index contributed by atoms with van der Waals surface area (Å²) in [5, 5.41) is 11.9. The van der Waals surface area contributed by atoms with Crippen LogP contribution in [0.5, 0.6) is 0 Å².